The summed E-state index contributed by atoms with van der Waals surface area (Å²) in [6.07, 6.45) is 0.476. The van der Waals surface area contributed by atoms with Crippen LogP contribution in [0.1, 0.15) is 15.9 Å². The van der Waals surface area contributed by atoms with Gasteiger partial charge in [-0.25, -0.2) is 0 Å². The molecule has 0 radical (unpaired) electrons. The Morgan fingerprint density at radius 1 is 1.21 bits per heavy atom. The van der Waals surface area contributed by atoms with Gasteiger partial charge in [0.05, 0.1) is 7.11 Å². The Balaban J connectivity index is 1.95. The van der Waals surface area contributed by atoms with E-state index in [1.807, 2.05) is 6.07 Å². The lowest BCUT2D eigenvalue weighted by Crippen LogP contribution is -2.25. The van der Waals surface area contributed by atoms with Crippen LogP contribution in [0, 0.1) is 0 Å². The number of amides is 1. The van der Waals surface area contributed by atoms with Crippen molar-refractivity contribution in [1.29, 1.82) is 0 Å². The molecule has 0 bridgehead atoms. The molecular weight excluding hydrogens is 384 g/mol. The largest absolute Gasteiger partial charge is 0.493 e. The number of hydrogen-bond acceptors (Lipinski definition) is 3. The molecule has 2 rings (SSSR count). The van der Waals surface area contributed by atoms with Gasteiger partial charge in [0.25, 0.3) is 5.91 Å². The van der Waals surface area contributed by atoms with Gasteiger partial charge in [-0.05, 0) is 42.3 Å². The van der Waals surface area contributed by atoms with E-state index >= 15 is 0 Å². The molecule has 0 saturated heterocycles. The third-order valence-corrected chi connectivity index (χ3v) is 3.72. The molecule has 7 heteroatoms. The van der Waals surface area contributed by atoms with Crippen LogP contribution in [0.25, 0.3) is 0 Å². The van der Waals surface area contributed by atoms with Gasteiger partial charge in [-0.15, -0.1) is 0 Å². The first-order valence-electron chi connectivity index (χ1n) is 7.15. The highest BCUT2D eigenvalue weighted by Crippen LogP contribution is 2.29. The molecule has 2 aromatic rings. The highest BCUT2D eigenvalue weighted by atomic mass is 79.9. The fourth-order valence-electron chi connectivity index (χ4n) is 2.12. The number of carbonyl (C=O) groups is 1. The highest BCUT2D eigenvalue weighted by Gasteiger charge is 2.11. The zero-order valence-electron chi connectivity index (χ0n) is 12.9. The normalized spacial score (nSPS) is 10.5. The molecule has 0 aliphatic rings. The topological polar surface area (TPSA) is 47.6 Å². The average Bonchev–Trinajstić information content (AvgIpc) is 2.54. The summed E-state index contributed by atoms with van der Waals surface area (Å²) in [5.41, 5.74) is 1.29. The molecule has 0 aliphatic carbocycles. The number of hydrogen-bond donors (Lipinski definition) is 1. The van der Waals surface area contributed by atoms with E-state index in [9.17, 15) is 13.6 Å². The summed E-state index contributed by atoms with van der Waals surface area (Å²) in [5, 5.41) is 2.78. The maximum absolute atomic E-state index is 12.4. The molecular formula is C17H16BrF2NO3. The Morgan fingerprint density at radius 2 is 2.00 bits per heavy atom. The maximum Gasteiger partial charge on any atom is 0.387 e. The predicted molar refractivity (Wildman–Crippen MR) is 89.8 cm³/mol. The minimum atomic E-state index is -2.93. The Morgan fingerprint density at radius 3 is 2.67 bits per heavy atom. The monoisotopic (exact) mass is 399 g/mol. The van der Waals surface area contributed by atoms with E-state index in [4.69, 9.17) is 4.74 Å². The van der Waals surface area contributed by atoms with Gasteiger partial charge in [0.2, 0.25) is 0 Å². The quantitative estimate of drug-likeness (QED) is 0.764. The maximum atomic E-state index is 12.4. The van der Waals surface area contributed by atoms with Crippen molar-refractivity contribution in [3.8, 4) is 11.5 Å². The molecule has 0 aromatic heterocycles. The highest BCUT2D eigenvalue weighted by molar-refractivity contribution is 9.10. The summed E-state index contributed by atoms with van der Waals surface area (Å²) in [6.45, 7) is -2.56. The van der Waals surface area contributed by atoms with E-state index in [0.29, 0.717) is 18.5 Å². The number of alkyl halides is 2. The van der Waals surface area contributed by atoms with E-state index in [-0.39, 0.29) is 17.4 Å². The first kappa shape index (κ1) is 18.2. The molecule has 128 valence electrons. The third kappa shape index (κ3) is 5.19. The van der Waals surface area contributed by atoms with Gasteiger partial charge in [-0.1, -0.05) is 28.1 Å². The van der Waals surface area contributed by atoms with Crippen LogP contribution in [-0.2, 0) is 6.42 Å². The molecule has 0 fully saturated rings. The summed E-state index contributed by atoms with van der Waals surface area (Å²) >= 11 is 3.31. The summed E-state index contributed by atoms with van der Waals surface area (Å²) in [6, 6.07) is 11.8. The number of methoxy groups -OCH3 is 1. The SMILES string of the molecule is COc1ccc(CCNC(=O)c2cccc(Br)c2)cc1OC(F)F. The van der Waals surface area contributed by atoms with Gasteiger partial charge in [-0.2, -0.15) is 8.78 Å². The zero-order valence-corrected chi connectivity index (χ0v) is 14.5. The fraction of sp³-hybridized carbons (Fsp3) is 0.235. The van der Waals surface area contributed by atoms with Crippen molar-refractivity contribution in [2.45, 2.75) is 13.0 Å². The first-order valence-corrected chi connectivity index (χ1v) is 7.94. The molecule has 0 aliphatic heterocycles. The number of nitrogens with one attached hydrogen (secondary N) is 1. The summed E-state index contributed by atoms with van der Waals surface area (Å²) in [4.78, 5) is 12.0. The van der Waals surface area contributed by atoms with Crippen LogP contribution in [0.5, 0.6) is 11.5 Å². The Bertz CT molecular complexity index is 710. The molecule has 0 unspecified atom stereocenters. The summed E-state index contributed by atoms with van der Waals surface area (Å²) < 4.78 is 35.1. The van der Waals surface area contributed by atoms with Crippen LogP contribution < -0.4 is 14.8 Å². The summed E-state index contributed by atoms with van der Waals surface area (Å²) in [5.74, 6) is 0.00871. The lowest BCUT2D eigenvalue weighted by Gasteiger charge is -2.12. The number of carbonyl (C=O) groups excluding carboxylic acids is 1. The molecule has 4 nitrogen and oxygen atoms in total. The molecule has 0 saturated carbocycles. The van der Waals surface area contributed by atoms with Crippen molar-refractivity contribution in [3.63, 3.8) is 0 Å². The number of halogens is 3. The fourth-order valence-corrected chi connectivity index (χ4v) is 2.52. The molecule has 1 amide bonds. The van der Waals surface area contributed by atoms with Gasteiger partial charge in [0.15, 0.2) is 11.5 Å². The number of benzene rings is 2. The van der Waals surface area contributed by atoms with Crippen LogP contribution in [-0.4, -0.2) is 26.2 Å². The van der Waals surface area contributed by atoms with Gasteiger partial charge >= 0.3 is 6.61 Å². The summed E-state index contributed by atoms with van der Waals surface area (Å²) in [7, 11) is 1.38. The number of rotatable bonds is 7. The van der Waals surface area contributed by atoms with Crippen molar-refractivity contribution in [3.05, 3.63) is 58.1 Å². The molecule has 0 spiro atoms. The van der Waals surface area contributed by atoms with Crippen molar-refractivity contribution in [2.75, 3.05) is 13.7 Å². The Hall–Kier alpha value is -2.15. The standard InChI is InChI=1S/C17H16BrF2NO3/c1-23-14-6-5-11(9-15(14)24-17(19)20)7-8-21-16(22)12-3-2-4-13(18)10-12/h2-6,9-10,17H,7-8H2,1H3,(H,21,22). The lowest BCUT2D eigenvalue weighted by molar-refractivity contribution is -0.0512. The van der Waals surface area contributed by atoms with Crippen molar-refractivity contribution < 1.29 is 23.0 Å². The average molecular weight is 400 g/mol. The number of ether oxygens (including phenoxy) is 2. The molecule has 1 N–H and O–H groups in total. The van der Waals surface area contributed by atoms with Gasteiger partial charge in [0.1, 0.15) is 0 Å². The van der Waals surface area contributed by atoms with E-state index in [1.165, 1.54) is 13.2 Å². The van der Waals surface area contributed by atoms with Crippen molar-refractivity contribution >= 4 is 21.8 Å². The Kier molecular flexibility index (Phi) is 6.54. The van der Waals surface area contributed by atoms with E-state index in [1.54, 1.807) is 30.3 Å². The second kappa shape index (κ2) is 8.63. The van der Waals surface area contributed by atoms with Crippen LogP contribution in [0.3, 0.4) is 0 Å². The molecule has 24 heavy (non-hydrogen) atoms. The predicted octanol–water partition coefficient (Wildman–Crippen LogP) is 4.03. The van der Waals surface area contributed by atoms with Crippen molar-refractivity contribution in [2.24, 2.45) is 0 Å². The molecule has 0 atom stereocenters. The van der Waals surface area contributed by atoms with Crippen molar-refractivity contribution in [1.82, 2.24) is 5.32 Å². The smallest absolute Gasteiger partial charge is 0.387 e. The van der Waals surface area contributed by atoms with E-state index in [2.05, 4.69) is 26.0 Å². The second-order valence-corrected chi connectivity index (χ2v) is 5.80. The van der Waals surface area contributed by atoms with Gasteiger partial charge < -0.3 is 14.8 Å². The zero-order chi connectivity index (χ0) is 17.5. The van der Waals surface area contributed by atoms with Gasteiger partial charge in [-0.3, -0.25) is 4.79 Å². The molecule has 0 heterocycles. The van der Waals surface area contributed by atoms with Crippen LogP contribution >= 0.6 is 15.9 Å². The van der Waals surface area contributed by atoms with Crippen LogP contribution in [0.4, 0.5) is 8.78 Å². The third-order valence-electron chi connectivity index (χ3n) is 3.23. The molecule has 2 aromatic carbocycles. The second-order valence-electron chi connectivity index (χ2n) is 4.88. The first-order chi connectivity index (χ1) is 11.5. The van der Waals surface area contributed by atoms with Crippen LogP contribution in [0.15, 0.2) is 46.9 Å². The Labute approximate surface area is 146 Å². The minimum Gasteiger partial charge on any atom is -0.493 e. The van der Waals surface area contributed by atoms with Crippen LogP contribution in [0.2, 0.25) is 0 Å². The van der Waals surface area contributed by atoms with E-state index < -0.39 is 6.61 Å². The van der Waals surface area contributed by atoms with Gasteiger partial charge in [0, 0.05) is 16.6 Å². The lowest BCUT2D eigenvalue weighted by atomic mass is 10.1. The van der Waals surface area contributed by atoms with E-state index in [0.717, 1.165) is 10.0 Å². The minimum absolute atomic E-state index is 0.0247.